The minimum absolute atomic E-state index is 0.0141. The molecule has 0 radical (unpaired) electrons. The van der Waals surface area contributed by atoms with Crippen LogP contribution in [0.5, 0.6) is 5.75 Å². The van der Waals surface area contributed by atoms with E-state index in [0.29, 0.717) is 25.9 Å². The zero-order valence-electron chi connectivity index (χ0n) is 22.9. The van der Waals surface area contributed by atoms with E-state index < -0.39 is 6.04 Å². The molecule has 7 heteroatoms. The van der Waals surface area contributed by atoms with Crippen LogP contribution in [0.4, 0.5) is 0 Å². The molecule has 0 aliphatic carbocycles. The molecular formula is C31H40N4O3. The number of methoxy groups -OCH3 is 1. The molecule has 202 valence electrons. The highest BCUT2D eigenvalue weighted by Gasteiger charge is 2.47. The molecule has 1 aliphatic rings. The minimum atomic E-state index is -0.621. The first-order valence-electron chi connectivity index (χ1n) is 13.7. The average molecular weight is 517 g/mol. The van der Waals surface area contributed by atoms with Crippen molar-refractivity contribution >= 4 is 11.8 Å². The maximum atomic E-state index is 13.8. The Hall–Kier alpha value is -3.61. The smallest absolute Gasteiger partial charge is 0.245 e. The van der Waals surface area contributed by atoms with Gasteiger partial charge in [0.05, 0.1) is 19.1 Å². The molecule has 2 heterocycles. The third-order valence-electron chi connectivity index (χ3n) is 7.54. The van der Waals surface area contributed by atoms with Crippen LogP contribution in [0.1, 0.15) is 55.8 Å². The van der Waals surface area contributed by atoms with Crippen molar-refractivity contribution in [2.75, 3.05) is 20.2 Å². The first-order valence-corrected chi connectivity index (χ1v) is 13.7. The molecule has 3 aromatic rings. The number of hydrogen-bond donors (Lipinski definition) is 1. The van der Waals surface area contributed by atoms with E-state index in [4.69, 9.17) is 4.74 Å². The maximum absolute atomic E-state index is 13.8. The highest BCUT2D eigenvalue weighted by molar-refractivity contribution is 5.88. The number of nitrogens with zero attached hydrogens (tertiary/aromatic N) is 3. The predicted molar refractivity (Wildman–Crippen MR) is 149 cm³/mol. The minimum Gasteiger partial charge on any atom is -0.497 e. The summed E-state index contributed by atoms with van der Waals surface area (Å²) < 4.78 is 7.15. The van der Waals surface area contributed by atoms with E-state index in [-0.39, 0.29) is 23.7 Å². The summed E-state index contributed by atoms with van der Waals surface area (Å²) in [6.07, 6.45) is 9.46. The van der Waals surface area contributed by atoms with Gasteiger partial charge in [0.15, 0.2) is 0 Å². The zero-order chi connectivity index (χ0) is 27.0. The number of nitrogens with one attached hydrogen (secondary N) is 1. The van der Waals surface area contributed by atoms with Crippen LogP contribution in [0.15, 0.2) is 67.1 Å². The monoisotopic (exact) mass is 516 g/mol. The Labute approximate surface area is 226 Å². The summed E-state index contributed by atoms with van der Waals surface area (Å²) in [6, 6.07) is 17.6. The van der Waals surface area contributed by atoms with Gasteiger partial charge < -0.3 is 19.5 Å². The summed E-state index contributed by atoms with van der Waals surface area (Å²) in [6.45, 7) is 3.58. The Balaban J connectivity index is 1.46. The van der Waals surface area contributed by atoms with Crippen LogP contribution >= 0.6 is 0 Å². The van der Waals surface area contributed by atoms with Crippen LogP contribution in [-0.2, 0) is 34.9 Å². The zero-order valence-corrected chi connectivity index (χ0v) is 22.9. The van der Waals surface area contributed by atoms with Gasteiger partial charge in [0.2, 0.25) is 11.8 Å². The van der Waals surface area contributed by atoms with Crippen molar-refractivity contribution in [1.29, 1.82) is 0 Å². The van der Waals surface area contributed by atoms with Crippen molar-refractivity contribution in [2.45, 2.75) is 63.3 Å². The van der Waals surface area contributed by atoms with Gasteiger partial charge in [0, 0.05) is 44.6 Å². The van der Waals surface area contributed by atoms with Gasteiger partial charge in [-0.15, -0.1) is 0 Å². The molecule has 7 nitrogen and oxygen atoms in total. The standard InChI is InChI=1S/C31H40N4O3/c1-4-5-9-18-31(25-10-7-6-8-11-25)21-35(22-31)30(37)28(19-24-12-15-27(38-3)16-13-24)33-29(36)17-14-26-20-34(2)23-32-26/h6-8,10-13,15-16,20,23,28H,4-5,9,14,17-19,21-22H2,1-3H3,(H,33,36). The number of aromatic nitrogens is 2. The third kappa shape index (κ3) is 6.82. The first-order chi connectivity index (χ1) is 18.4. The Kier molecular flexibility index (Phi) is 9.21. The van der Waals surface area contributed by atoms with Crippen LogP contribution in [0.3, 0.4) is 0 Å². The van der Waals surface area contributed by atoms with Crippen molar-refractivity contribution in [1.82, 2.24) is 19.8 Å². The van der Waals surface area contributed by atoms with Gasteiger partial charge in [-0.3, -0.25) is 9.59 Å². The molecular weight excluding hydrogens is 476 g/mol. The van der Waals surface area contributed by atoms with Gasteiger partial charge in [-0.1, -0.05) is 68.7 Å². The van der Waals surface area contributed by atoms with Gasteiger partial charge in [0.25, 0.3) is 0 Å². The van der Waals surface area contributed by atoms with Crippen LogP contribution in [0, 0.1) is 0 Å². The van der Waals surface area contributed by atoms with Crippen molar-refractivity contribution < 1.29 is 14.3 Å². The van der Waals surface area contributed by atoms with Gasteiger partial charge in [-0.25, -0.2) is 4.98 Å². The van der Waals surface area contributed by atoms with Gasteiger partial charge in [0.1, 0.15) is 11.8 Å². The van der Waals surface area contributed by atoms with E-state index >= 15 is 0 Å². The summed E-state index contributed by atoms with van der Waals surface area (Å²) in [4.78, 5) is 33.0. The summed E-state index contributed by atoms with van der Waals surface area (Å²) in [5.41, 5.74) is 3.13. The number of likely N-dealkylation sites (tertiary alicyclic amines) is 1. The molecule has 2 amide bonds. The number of carbonyl (C=O) groups excluding carboxylic acids is 2. The molecule has 1 N–H and O–H groups in total. The second kappa shape index (κ2) is 12.8. The van der Waals surface area contributed by atoms with E-state index in [1.165, 1.54) is 18.4 Å². The molecule has 1 aliphatic heterocycles. The fraction of sp³-hybridized carbons (Fsp3) is 0.452. The van der Waals surface area contributed by atoms with E-state index in [2.05, 4.69) is 41.5 Å². The van der Waals surface area contributed by atoms with Crippen molar-refractivity contribution in [3.63, 3.8) is 0 Å². The Morgan fingerprint density at radius 1 is 1.08 bits per heavy atom. The molecule has 1 saturated heterocycles. The second-order valence-electron chi connectivity index (χ2n) is 10.5. The van der Waals surface area contributed by atoms with Crippen LogP contribution in [0.2, 0.25) is 0 Å². The lowest BCUT2D eigenvalue weighted by Gasteiger charge is -2.52. The molecule has 1 fully saturated rings. The van der Waals surface area contributed by atoms with Gasteiger partial charge in [-0.2, -0.15) is 0 Å². The normalized spacial score (nSPS) is 15.0. The summed E-state index contributed by atoms with van der Waals surface area (Å²) >= 11 is 0. The Morgan fingerprint density at radius 2 is 1.82 bits per heavy atom. The molecule has 1 aromatic heterocycles. The number of ether oxygens (including phenoxy) is 1. The molecule has 38 heavy (non-hydrogen) atoms. The molecule has 0 saturated carbocycles. The van der Waals surface area contributed by atoms with Crippen molar-refractivity contribution in [2.24, 2.45) is 7.05 Å². The summed E-state index contributed by atoms with van der Waals surface area (Å²) in [5, 5.41) is 3.04. The molecule has 1 atom stereocenters. The SMILES string of the molecule is CCCCCC1(c2ccccc2)CN(C(=O)C(Cc2ccc(OC)cc2)NC(=O)CCc2cn(C)cn2)C1. The quantitative estimate of drug-likeness (QED) is 0.341. The lowest BCUT2D eigenvalue weighted by Crippen LogP contribution is -2.64. The first kappa shape index (κ1) is 27.4. The van der Waals surface area contributed by atoms with Gasteiger partial charge >= 0.3 is 0 Å². The van der Waals surface area contributed by atoms with E-state index in [9.17, 15) is 9.59 Å². The van der Waals surface area contributed by atoms with E-state index in [1.807, 2.05) is 53.0 Å². The highest BCUT2D eigenvalue weighted by atomic mass is 16.5. The second-order valence-corrected chi connectivity index (χ2v) is 10.5. The number of unbranched alkanes of at least 4 members (excludes halogenated alkanes) is 2. The molecule has 0 spiro atoms. The van der Waals surface area contributed by atoms with Crippen LogP contribution < -0.4 is 10.1 Å². The number of rotatable bonds is 13. The number of carbonyl (C=O) groups is 2. The highest BCUT2D eigenvalue weighted by Crippen LogP contribution is 2.39. The van der Waals surface area contributed by atoms with Gasteiger partial charge in [-0.05, 0) is 36.1 Å². The molecule has 2 aromatic carbocycles. The fourth-order valence-corrected chi connectivity index (χ4v) is 5.35. The molecule has 4 rings (SSSR count). The predicted octanol–water partition coefficient (Wildman–Crippen LogP) is 4.45. The van der Waals surface area contributed by atoms with Crippen molar-refractivity contribution in [3.05, 3.63) is 83.9 Å². The number of hydrogen-bond acceptors (Lipinski definition) is 4. The Morgan fingerprint density at radius 3 is 2.45 bits per heavy atom. The molecule has 0 bridgehead atoms. The third-order valence-corrected chi connectivity index (χ3v) is 7.54. The van der Waals surface area contributed by atoms with E-state index in [1.54, 1.807) is 13.4 Å². The lowest BCUT2D eigenvalue weighted by atomic mass is 9.70. The largest absolute Gasteiger partial charge is 0.497 e. The number of amides is 2. The average Bonchev–Trinajstić information content (AvgIpc) is 3.34. The Bertz CT molecular complexity index is 1180. The summed E-state index contributed by atoms with van der Waals surface area (Å²) in [7, 11) is 3.54. The van der Waals surface area contributed by atoms with E-state index in [0.717, 1.165) is 29.8 Å². The lowest BCUT2D eigenvalue weighted by molar-refractivity contribution is -0.143. The number of imidazole rings is 1. The topological polar surface area (TPSA) is 76.5 Å². The van der Waals surface area contributed by atoms with Crippen LogP contribution in [-0.4, -0.2) is 52.5 Å². The number of aryl methyl sites for hydroxylation is 2. The fourth-order valence-electron chi connectivity index (χ4n) is 5.35. The van der Waals surface area contributed by atoms with Crippen LogP contribution in [0.25, 0.3) is 0 Å². The van der Waals surface area contributed by atoms with Crippen molar-refractivity contribution in [3.8, 4) is 5.75 Å². The maximum Gasteiger partial charge on any atom is 0.245 e. The summed E-state index contributed by atoms with van der Waals surface area (Å²) in [5.74, 6) is 0.604. The number of benzene rings is 2. The molecule has 1 unspecified atom stereocenters.